The van der Waals surface area contributed by atoms with Gasteiger partial charge in [0.2, 0.25) is 10.0 Å². The second kappa shape index (κ2) is 11.8. The lowest BCUT2D eigenvalue weighted by atomic mass is 9.88. The maximum atomic E-state index is 13.3. The number of aliphatic hydroxyl groups is 1. The van der Waals surface area contributed by atoms with Gasteiger partial charge in [-0.05, 0) is 59.9 Å². The van der Waals surface area contributed by atoms with Crippen molar-refractivity contribution in [2.75, 3.05) is 39.1 Å². The molecule has 2 saturated heterocycles. The molecule has 2 atom stereocenters. The van der Waals surface area contributed by atoms with Crippen LogP contribution in [0.5, 0.6) is 5.75 Å². The van der Waals surface area contributed by atoms with Crippen molar-refractivity contribution in [1.29, 1.82) is 0 Å². The lowest BCUT2D eigenvalue weighted by Crippen LogP contribution is -2.47. The van der Waals surface area contributed by atoms with Gasteiger partial charge in [-0.1, -0.05) is 42.5 Å². The number of sulfone groups is 1. The first-order valence-electron chi connectivity index (χ1n) is 13.5. The van der Waals surface area contributed by atoms with Crippen molar-refractivity contribution in [1.82, 2.24) is 9.62 Å². The first-order valence-corrected chi connectivity index (χ1v) is 17.0. The van der Waals surface area contributed by atoms with Crippen LogP contribution in [0.3, 0.4) is 0 Å². The van der Waals surface area contributed by atoms with Crippen molar-refractivity contribution in [3.63, 3.8) is 0 Å². The maximum Gasteiger partial charge on any atom is 0.243 e. The highest BCUT2D eigenvalue weighted by Gasteiger charge is 2.44. The molecule has 2 aliphatic rings. The second-order valence-corrected chi connectivity index (χ2v) is 15.0. The Kier molecular flexibility index (Phi) is 8.51. The molecule has 2 heterocycles. The standard InChI is InChI=1S/C29H36N2O7S2/c1-39(33,34)21-22-5-4-8-27(15-22)37-20-26(32)18-30-25-17-29(38-19-25)11-13-31(14-12-29)40(35,36)28-10-9-23-6-2-3-7-24(23)16-28/h2-10,15-16,25-26,30,32H,11-14,17-21H2,1H3. The molecular weight excluding hydrogens is 552 g/mol. The number of fused-ring (bicyclic) bond motifs is 1. The highest BCUT2D eigenvalue weighted by atomic mass is 32.2. The molecule has 11 heteroatoms. The first kappa shape index (κ1) is 29.0. The molecule has 216 valence electrons. The third-order valence-electron chi connectivity index (χ3n) is 7.61. The second-order valence-electron chi connectivity index (χ2n) is 10.9. The Hall–Kier alpha value is -2.54. The zero-order valence-corrected chi connectivity index (χ0v) is 24.2. The summed E-state index contributed by atoms with van der Waals surface area (Å²) >= 11 is 0. The van der Waals surface area contributed by atoms with Gasteiger partial charge in [-0.15, -0.1) is 0 Å². The minimum atomic E-state index is -3.59. The molecule has 1 spiro atoms. The average molecular weight is 589 g/mol. The minimum Gasteiger partial charge on any atom is -0.491 e. The Balaban J connectivity index is 1.08. The predicted molar refractivity (Wildman–Crippen MR) is 154 cm³/mol. The molecular formula is C29H36N2O7S2. The minimum absolute atomic E-state index is 0.0522. The number of nitrogens with zero attached hydrogens (tertiary/aromatic N) is 1. The monoisotopic (exact) mass is 588 g/mol. The highest BCUT2D eigenvalue weighted by molar-refractivity contribution is 7.90. The fourth-order valence-corrected chi connectivity index (χ4v) is 7.78. The van der Waals surface area contributed by atoms with E-state index in [1.165, 1.54) is 6.26 Å². The average Bonchev–Trinajstić information content (AvgIpc) is 3.32. The van der Waals surface area contributed by atoms with Crippen LogP contribution >= 0.6 is 0 Å². The Bertz CT molecular complexity index is 1550. The molecule has 0 bridgehead atoms. The Morgan fingerprint density at radius 1 is 1.02 bits per heavy atom. The van der Waals surface area contributed by atoms with E-state index in [1.807, 2.05) is 30.3 Å². The summed E-state index contributed by atoms with van der Waals surface area (Å²) in [5.74, 6) is 0.443. The van der Waals surface area contributed by atoms with Crippen molar-refractivity contribution in [3.05, 3.63) is 72.3 Å². The van der Waals surface area contributed by atoms with Crippen LogP contribution in [0.2, 0.25) is 0 Å². The van der Waals surface area contributed by atoms with E-state index < -0.39 is 26.0 Å². The van der Waals surface area contributed by atoms with Gasteiger partial charge in [0.1, 0.15) is 18.5 Å². The van der Waals surface area contributed by atoms with Gasteiger partial charge in [0.25, 0.3) is 0 Å². The Labute approximate surface area is 236 Å². The topological polar surface area (TPSA) is 122 Å². The number of sulfonamides is 1. The van der Waals surface area contributed by atoms with Crippen LogP contribution in [0.1, 0.15) is 24.8 Å². The van der Waals surface area contributed by atoms with E-state index in [9.17, 15) is 21.9 Å². The third kappa shape index (κ3) is 7.02. The van der Waals surface area contributed by atoms with E-state index in [1.54, 1.807) is 40.7 Å². The van der Waals surface area contributed by atoms with Gasteiger partial charge >= 0.3 is 0 Å². The summed E-state index contributed by atoms with van der Waals surface area (Å²) in [6.45, 7) is 1.68. The van der Waals surface area contributed by atoms with E-state index in [-0.39, 0.29) is 24.0 Å². The summed E-state index contributed by atoms with van der Waals surface area (Å²) in [5, 5.41) is 15.7. The summed E-state index contributed by atoms with van der Waals surface area (Å²) in [4.78, 5) is 0.312. The molecule has 2 unspecified atom stereocenters. The Morgan fingerprint density at radius 2 is 1.77 bits per heavy atom. The third-order valence-corrected chi connectivity index (χ3v) is 10.4. The molecule has 2 aliphatic heterocycles. The van der Waals surface area contributed by atoms with Crippen LogP contribution in [0, 0.1) is 0 Å². The Morgan fingerprint density at radius 3 is 2.52 bits per heavy atom. The van der Waals surface area contributed by atoms with E-state index in [4.69, 9.17) is 9.47 Å². The smallest absolute Gasteiger partial charge is 0.243 e. The molecule has 0 radical (unpaired) electrons. The summed E-state index contributed by atoms with van der Waals surface area (Å²) in [6, 6.07) is 19.9. The van der Waals surface area contributed by atoms with Crippen molar-refractivity contribution < 1.29 is 31.4 Å². The molecule has 2 fully saturated rings. The molecule has 3 aromatic rings. The van der Waals surface area contributed by atoms with Gasteiger partial charge in [0.05, 0.1) is 22.9 Å². The van der Waals surface area contributed by atoms with Crippen LogP contribution in [-0.2, 0) is 30.4 Å². The molecule has 9 nitrogen and oxygen atoms in total. The van der Waals surface area contributed by atoms with Crippen LogP contribution in [0.25, 0.3) is 10.8 Å². The van der Waals surface area contributed by atoms with Gasteiger partial charge in [-0.25, -0.2) is 16.8 Å². The zero-order chi connectivity index (χ0) is 28.4. The van der Waals surface area contributed by atoms with Crippen LogP contribution < -0.4 is 10.1 Å². The predicted octanol–water partition coefficient (Wildman–Crippen LogP) is 2.73. The first-order chi connectivity index (χ1) is 19.0. The van der Waals surface area contributed by atoms with Gasteiger partial charge in [0, 0.05) is 31.9 Å². The fourth-order valence-electron chi connectivity index (χ4n) is 5.52. The van der Waals surface area contributed by atoms with Crippen LogP contribution in [0.4, 0.5) is 0 Å². The molecule has 0 saturated carbocycles. The number of hydrogen-bond acceptors (Lipinski definition) is 8. The van der Waals surface area contributed by atoms with E-state index in [0.29, 0.717) is 55.3 Å². The van der Waals surface area contributed by atoms with E-state index in [0.717, 1.165) is 17.2 Å². The number of rotatable bonds is 10. The van der Waals surface area contributed by atoms with Gasteiger partial charge < -0.3 is 19.9 Å². The largest absolute Gasteiger partial charge is 0.491 e. The van der Waals surface area contributed by atoms with Crippen LogP contribution in [0.15, 0.2) is 71.6 Å². The van der Waals surface area contributed by atoms with Crippen molar-refractivity contribution in [2.45, 2.75) is 47.7 Å². The molecule has 40 heavy (non-hydrogen) atoms. The van der Waals surface area contributed by atoms with E-state index in [2.05, 4.69) is 5.32 Å². The SMILES string of the molecule is CS(=O)(=O)Cc1cccc(OCC(O)CNC2COC3(CCN(S(=O)(=O)c4ccc5ccccc5c4)CC3)C2)c1. The van der Waals surface area contributed by atoms with Crippen molar-refractivity contribution in [2.24, 2.45) is 0 Å². The number of nitrogens with one attached hydrogen (secondary N) is 1. The molecule has 0 aliphatic carbocycles. The number of aliphatic hydroxyl groups excluding tert-OH is 1. The van der Waals surface area contributed by atoms with Crippen molar-refractivity contribution in [3.8, 4) is 5.75 Å². The molecule has 3 aromatic carbocycles. The van der Waals surface area contributed by atoms with Gasteiger partial charge in [-0.2, -0.15) is 4.31 Å². The number of benzene rings is 3. The summed E-state index contributed by atoms with van der Waals surface area (Å²) in [7, 11) is -6.74. The summed E-state index contributed by atoms with van der Waals surface area (Å²) in [6.07, 6.45) is 2.41. The van der Waals surface area contributed by atoms with Gasteiger partial charge in [-0.3, -0.25) is 0 Å². The quantitative estimate of drug-likeness (QED) is 0.371. The van der Waals surface area contributed by atoms with Crippen molar-refractivity contribution >= 4 is 30.6 Å². The lowest BCUT2D eigenvalue weighted by Gasteiger charge is -2.38. The summed E-state index contributed by atoms with van der Waals surface area (Å²) in [5.41, 5.74) is 0.270. The number of ether oxygens (including phenoxy) is 2. The molecule has 0 aromatic heterocycles. The van der Waals surface area contributed by atoms with Crippen LogP contribution in [-0.4, -0.2) is 83.1 Å². The highest BCUT2D eigenvalue weighted by Crippen LogP contribution is 2.37. The maximum absolute atomic E-state index is 13.3. The normalized spacial score (nSPS) is 20.6. The molecule has 5 rings (SSSR count). The number of hydrogen-bond donors (Lipinski definition) is 2. The van der Waals surface area contributed by atoms with E-state index >= 15 is 0 Å². The fraction of sp³-hybridized carbons (Fsp3) is 0.448. The van der Waals surface area contributed by atoms with Gasteiger partial charge in [0.15, 0.2) is 9.84 Å². The molecule has 2 N–H and O–H groups in total. The zero-order valence-electron chi connectivity index (χ0n) is 22.5. The summed E-state index contributed by atoms with van der Waals surface area (Å²) < 4.78 is 63.1. The molecule has 0 amide bonds. The lowest BCUT2D eigenvalue weighted by molar-refractivity contribution is -0.0312. The number of piperidine rings is 1.